The third-order valence-corrected chi connectivity index (χ3v) is 0.918. The molecule has 0 aliphatic heterocycles. The topological polar surface area (TPSA) is 53.7 Å². The maximum absolute atomic E-state index is 5.19. The maximum Gasteiger partial charge on any atom is 0.0865 e. The predicted octanol–water partition coefficient (Wildman–Crippen LogP) is -0.198. The zero-order chi connectivity index (χ0) is 7.66. The predicted molar refractivity (Wildman–Crippen MR) is 37.2 cm³/mol. The van der Waals surface area contributed by atoms with Crippen LogP contribution in [0.4, 0.5) is 0 Å². The van der Waals surface area contributed by atoms with Crippen LogP contribution in [0.3, 0.4) is 0 Å². The average molecular weight is 162 g/mol. The first-order valence-corrected chi connectivity index (χ1v) is 3.88. The summed E-state index contributed by atoms with van der Waals surface area (Å²) in [4.78, 5) is 9.07. The molecule has 0 bridgehead atoms. The molecule has 3 radical (unpaired) electrons. The smallest absolute Gasteiger partial charge is 0.0865 e. The summed E-state index contributed by atoms with van der Waals surface area (Å²) >= 11 is 0. The molecule has 0 aromatic heterocycles. The van der Waals surface area contributed by atoms with E-state index in [9.17, 15) is 0 Å². The van der Waals surface area contributed by atoms with E-state index < -0.39 is 0 Å². The highest BCUT2D eigenvalue weighted by molar-refractivity contribution is 6.08. The van der Waals surface area contributed by atoms with E-state index in [0.717, 1.165) is 12.5 Å². The van der Waals surface area contributed by atoms with Crippen molar-refractivity contribution in [1.29, 1.82) is 0 Å². The fourth-order valence-corrected chi connectivity index (χ4v) is 0.369. The van der Waals surface area contributed by atoms with Crippen molar-refractivity contribution in [2.24, 2.45) is 5.73 Å². The Kier molecular flexibility index (Phi) is 9.11. The van der Waals surface area contributed by atoms with Gasteiger partial charge in [0.15, 0.2) is 0 Å². The first-order valence-electron chi connectivity index (χ1n) is 3.17. The number of hydrogen-bond donors (Lipinski definition) is 1. The van der Waals surface area contributed by atoms with Gasteiger partial charge in [-0.1, -0.05) is 5.04 Å². The fourth-order valence-electron chi connectivity index (χ4n) is 0.286. The Balaban J connectivity index is 2.65. The Hall–Kier alpha value is 0.0569. The minimum atomic E-state index is 0.470. The molecule has 2 N–H and O–H groups in total. The van der Waals surface area contributed by atoms with Gasteiger partial charge in [-0.25, -0.2) is 9.78 Å². The molecule has 10 heavy (non-hydrogen) atoms. The summed E-state index contributed by atoms with van der Waals surface area (Å²) in [6.45, 7) is 1.54. The molecule has 5 heteroatoms. The molecule has 0 aliphatic rings. The van der Waals surface area contributed by atoms with Crippen LogP contribution >= 0.6 is 0 Å². The Morgan fingerprint density at radius 2 is 1.90 bits per heavy atom. The lowest BCUT2D eigenvalue weighted by Gasteiger charge is -1.99. The third-order valence-electron chi connectivity index (χ3n) is 0.713. The third kappa shape index (κ3) is 8.06. The molecule has 0 rings (SSSR count). The van der Waals surface area contributed by atoms with Crippen LogP contribution in [0.25, 0.3) is 0 Å². The van der Waals surface area contributed by atoms with E-state index in [0.29, 0.717) is 19.8 Å². The van der Waals surface area contributed by atoms with Crippen molar-refractivity contribution >= 4 is 10.2 Å². The fraction of sp³-hybridized carbons (Fsp3) is 1.00. The largest absolute Gasteiger partial charge is 0.330 e. The molecule has 0 atom stereocenters. The number of rotatable bonds is 7. The zero-order valence-electron chi connectivity index (χ0n) is 5.84. The van der Waals surface area contributed by atoms with Crippen LogP contribution in [0.15, 0.2) is 0 Å². The summed E-state index contributed by atoms with van der Waals surface area (Å²) < 4.78 is 0. The van der Waals surface area contributed by atoms with Crippen molar-refractivity contribution in [1.82, 2.24) is 0 Å². The Bertz CT molecular complexity index is 56.9. The molecular formula is C5H12NO3Si. The summed E-state index contributed by atoms with van der Waals surface area (Å²) in [5.41, 5.74) is 5.19. The summed E-state index contributed by atoms with van der Waals surface area (Å²) in [5, 5.41) is 4.29. The van der Waals surface area contributed by atoms with Crippen LogP contribution < -0.4 is 5.73 Å². The van der Waals surface area contributed by atoms with Crippen molar-refractivity contribution in [3.8, 4) is 0 Å². The van der Waals surface area contributed by atoms with Crippen LogP contribution in [0.5, 0.6) is 0 Å². The molecule has 0 fully saturated rings. The molecule has 0 aromatic carbocycles. The summed E-state index contributed by atoms with van der Waals surface area (Å²) in [6.07, 6.45) is 0.775. The molecule has 0 aliphatic carbocycles. The van der Waals surface area contributed by atoms with Gasteiger partial charge in [-0.05, 0) is 19.0 Å². The lowest BCUT2D eigenvalue weighted by molar-refractivity contribution is -0.511. The van der Waals surface area contributed by atoms with Crippen molar-refractivity contribution in [2.75, 3.05) is 19.8 Å². The van der Waals surface area contributed by atoms with Gasteiger partial charge in [-0.3, -0.25) is 0 Å². The molecule has 0 amide bonds. The van der Waals surface area contributed by atoms with Crippen molar-refractivity contribution in [3.63, 3.8) is 0 Å². The minimum absolute atomic E-state index is 0.470. The molecule has 59 valence electrons. The van der Waals surface area contributed by atoms with Gasteiger partial charge >= 0.3 is 0 Å². The second kappa shape index (κ2) is 9.06. The Labute approximate surface area is 63.9 Å². The van der Waals surface area contributed by atoms with Gasteiger partial charge in [0.2, 0.25) is 0 Å². The highest BCUT2D eigenvalue weighted by Crippen LogP contribution is 1.85. The van der Waals surface area contributed by atoms with E-state index >= 15 is 0 Å². The van der Waals surface area contributed by atoms with Crippen LogP contribution in [-0.4, -0.2) is 30.0 Å². The van der Waals surface area contributed by atoms with Crippen molar-refractivity contribution in [3.05, 3.63) is 0 Å². The van der Waals surface area contributed by atoms with E-state index in [4.69, 9.17) is 5.73 Å². The molecule has 0 unspecified atom stereocenters. The molecule has 4 nitrogen and oxygen atoms in total. The van der Waals surface area contributed by atoms with Crippen LogP contribution in [-0.2, 0) is 14.8 Å². The molecule has 0 saturated heterocycles. The number of hydrogen-bond acceptors (Lipinski definition) is 4. The van der Waals surface area contributed by atoms with Gasteiger partial charge in [0.1, 0.15) is 0 Å². The van der Waals surface area contributed by atoms with Crippen molar-refractivity contribution in [2.45, 2.75) is 12.5 Å². The molecular weight excluding hydrogens is 150 g/mol. The Morgan fingerprint density at radius 1 is 1.20 bits per heavy atom. The van der Waals surface area contributed by atoms with Crippen molar-refractivity contribution < 1.29 is 14.8 Å². The van der Waals surface area contributed by atoms with E-state index in [2.05, 4.69) is 25.1 Å². The number of nitrogens with two attached hydrogens (primary N) is 1. The van der Waals surface area contributed by atoms with Gasteiger partial charge in [-0.2, -0.15) is 0 Å². The molecule has 0 spiro atoms. The first-order chi connectivity index (χ1) is 4.91. The summed E-state index contributed by atoms with van der Waals surface area (Å²) in [6, 6.07) is 0.722. The molecule has 0 heterocycles. The highest BCUT2D eigenvalue weighted by atomic mass is 28.1. The van der Waals surface area contributed by atoms with Gasteiger partial charge < -0.3 is 5.73 Å². The van der Waals surface area contributed by atoms with E-state index in [1.54, 1.807) is 0 Å². The average Bonchev–Trinajstić information content (AvgIpc) is 1.97. The van der Waals surface area contributed by atoms with Crippen LogP contribution in [0.1, 0.15) is 6.42 Å². The monoisotopic (exact) mass is 162 g/mol. The Morgan fingerprint density at radius 3 is 2.50 bits per heavy atom. The lowest BCUT2D eigenvalue weighted by atomic mass is 10.5. The second-order valence-corrected chi connectivity index (χ2v) is 2.10. The van der Waals surface area contributed by atoms with E-state index in [1.807, 2.05) is 0 Å². The quantitative estimate of drug-likeness (QED) is 0.244. The van der Waals surface area contributed by atoms with Gasteiger partial charge in [0, 0.05) is 10.2 Å². The molecule has 0 aromatic rings. The lowest BCUT2D eigenvalue weighted by Crippen LogP contribution is -2.05. The summed E-state index contributed by atoms with van der Waals surface area (Å²) in [7, 11) is 3.19. The van der Waals surface area contributed by atoms with E-state index in [-0.39, 0.29) is 0 Å². The minimum Gasteiger partial charge on any atom is -0.330 e. The standard InChI is InChI=1S/C5H12NO3Si/c6-2-1-3-7-9-8-4-5-10/h1-6H2. The van der Waals surface area contributed by atoms with Gasteiger partial charge in [0.25, 0.3) is 0 Å². The van der Waals surface area contributed by atoms with Crippen LogP contribution in [0.2, 0.25) is 6.04 Å². The molecule has 0 saturated carbocycles. The highest BCUT2D eigenvalue weighted by Gasteiger charge is 1.87. The SMILES string of the molecule is NCCCOOOCC[Si]. The summed E-state index contributed by atoms with van der Waals surface area (Å²) in [5.74, 6) is 0. The van der Waals surface area contributed by atoms with Gasteiger partial charge in [-0.15, -0.1) is 0 Å². The normalized spacial score (nSPS) is 10.2. The second-order valence-electron chi connectivity index (χ2n) is 1.60. The van der Waals surface area contributed by atoms with E-state index in [1.165, 1.54) is 0 Å². The maximum atomic E-state index is 5.19. The first kappa shape index (κ1) is 10.1. The van der Waals surface area contributed by atoms with Crippen LogP contribution in [0, 0.1) is 0 Å². The van der Waals surface area contributed by atoms with Gasteiger partial charge in [0.05, 0.1) is 13.2 Å². The zero-order valence-corrected chi connectivity index (χ0v) is 6.84.